The van der Waals surface area contributed by atoms with Crippen molar-refractivity contribution < 1.29 is 4.92 Å². The molecule has 34 heavy (non-hydrogen) atoms. The Kier molecular flexibility index (Phi) is 5.60. The summed E-state index contributed by atoms with van der Waals surface area (Å²) in [5.74, 6) is 1.29. The van der Waals surface area contributed by atoms with Crippen LogP contribution in [0.4, 0.5) is 11.4 Å². The van der Waals surface area contributed by atoms with Gasteiger partial charge in [0.2, 0.25) is 4.80 Å². The van der Waals surface area contributed by atoms with Crippen molar-refractivity contribution in [2.75, 3.05) is 0 Å². The van der Waals surface area contributed by atoms with E-state index in [9.17, 15) is 10.1 Å². The molecule has 3 aliphatic rings. The molecule has 174 valence electrons. The molecule has 1 saturated carbocycles. The lowest BCUT2D eigenvalue weighted by Crippen LogP contribution is -2.48. The highest BCUT2D eigenvalue weighted by Gasteiger charge is 2.50. The van der Waals surface area contributed by atoms with Crippen molar-refractivity contribution in [2.45, 2.75) is 40.5 Å². The average Bonchev–Trinajstić information content (AvgIpc) is 3.22. The second kappa shape index (κ2) is 8.47. The fraction of sp³-hybridized carbons (Fsp3) is 0.333. The van der Waals surface area contributed by atoms with Crippen LogP contribution in [0.3, 0.4) is 0 Å². The molecule has 3 aromatic rings. The van der Waals surface area contributed by atoms with Gasteiger partial charge in [-0.3, -0.25) is 10.1 Å². The Morgan fingerprint density at radius 1 is 1.18 bits per heavy atom. The minimum atomic E-state index is -0.369. The second-order valence-corrected chi connectivity index (χ2v) is 10.7. The summed E-state index contributed by atoms with van der Waals surface area (Å²) in [6.45, 7) is 8.85. The second-order valence-electron chi connectivity index (χ2n) is 9.89. The van der Waals surface area contributed by atoms with Crippen LogP contribution in [0.5, 0.6) is 0 Å². The molecule has 1 aromatic heterocycles. The van der Waals surface area contributed by atoms with Crippen LogP contribution in [0.25, 0.3) is 11.3 Å². The molecule has 7 heteroatoms. The fourth-order valence-electron chi connectivity index (χ4n) is 5.04. The summed E-state index contributed by atoms with van der Waals surface area (Å²) in [5, 5.41) is 18.2. The van der Waals surface area contributed by atoms with Gasteiger partial charge in [-0.15, -0.1) is 11.3 Å². The lowest BCUT2D eigenvalue weighted by molar-refractivity contribution is -0.384. The zero-order valence-corrected chi connectivity index (χ0v) is 20.7. The summed E-state index contributed by atoms with van der Waals surface area (Å²) in [5.41, 5.74) is 6.43. The van der Waals surface area contributed by atoms with E-state index in [1.54, 1.807) is 12.1 Å². The third-order valence-electron chi connectivity index (χ3n) is 7.59. The van der Waals surface area contributed by atoms with Crippen molar-refractivity contribution in [2.24, 2.45) is 27.3 Å². The van der Waals surface area contributed by atoms with Gasteiger partial charge >= 0.3 is 0 Å². The Labute approximate surface area is 203 Å². The SMILES string of the molecule is Cc1ccc(N=c2scc(-c3cccc([N+](=O)[O-])c3)n2N=CC2=CCC3CC2C3(C)C)cc1C. The van der Waals surface area contributed by atoms with Gasteiger partial charge in [-0.05, 0) is 72.8 Å². The van der Waals surface area contributed by atoms with E-state index in [0.29, 0.717) is 11.3 Å². The van der Waals surface area contributed by atoms with E-state index in [1.165, 1.54) is 40.5 Å². The van der Waals surface area contributed by atoms with Crippen LogP contribution in [0.1, 0.15) is 37.8 Å². The topological polar surface area (TPSA) is 72.8 Å². The van der Waals surface area contributed by atoms with E-state index in [4.69, 9.17) is 10.1 Å². The maximum absolute atomic E-state index is 11.4. The molecule has 0 spiro atoms. The minimum absolute atomic E-state index is 0.0594. The van der Waals surface area contributed by atoms with Crippen molar-refractivity contribution in [1.82, 2.24) is 4.68 Å². The largest absolute Gasteiger partial charge is 0.270 e. The first-order valence-corrected chi connectivity index (χ1v) is 12.4. The number of allylic oxidation sites excluding steroid dienone is 2. The highest BCUT2D eigenvalue weighted by Crippen LogP contribution is 2.58. The normalized spacial score (nSPS) is 21.4. The van der Waals surface area contributed by atoms with Crippen LogP contribution < -0.4 is 4.80 Å². The molecule has 0 saturated heterocycles. The maximum atomic E-state index is 11.4. The van der Waals surface area contributed by atoms with Gasteiger partial charge in [0.1, 0.15) is 0 Å². The first kappa shape index (κ1) is 22.5. The van der Waals surface area contributed by atoms with Crippen LogP contribution in [0.2, 0.25) is 0 Å². The molecule has 0 aliphatic heterocycles. The van der Waals surface area contributed by atoms with Crippen molar-refractivity contribution in [1.29, 1.82) is 0 Å². The lowest BCUT2D eigenvalue weighted by Gasteiger charge is -2.55. The van der Waals surface area contributed by atoms with Gasteiger partial charge in [0.25, 0.3) is 5.69 Å². The Hall–Kier alpha value is -3.32. The molecule has 2 atom stereocenters. The van der Waals surface area contributed by atoms with Crippen molar-refractivity contribution in [3.8, 4) is 11.3 Å². The van der Waals surface area contributed by atoms with E-state index in [0.717, 1.165) is 34.1 Å². The number of hydrogen-bond donors (Lipinski definition) is 0. The molecule has 1 fully saturated rings. The summed E-state index contributed by atoms with van der Waals surface area (Å²) in [6, 6.07) is 12.8. The van der Waals surface area contributed by atoms with E-state index >= 15 is 0 Å². The maximum Gasteiger partial charge on any atom is 0.270 e. The molecule has 1 heterocycles. The minimum Gasteiger partial charge on any atom is -0.258 e. The summed E-state index contributed by atoms with van der Waals surface area (Å²) in [4.78, 5) is 16.6. The molecule has 6 rings (SSSR count). The smallest absolute Gasteiger partial charge is 0.258 e. The van der Waals surface area contributed by atoms with Crippen LogP contribution in [-0.4, -0.2) is 15.8 Å². The van der Waals surface area contributed by atoms with E-state index in [2.05, 4.69) is 45.9 Å². The zero-order chi connectivity index (χ0) is 24.0. The zero-order valence-electron chi connectivity index (χ0n) is 19.9. The number of benzene rings is 2. The first-order chi connectivity index (χ1) is 16.2. The number of nitrogens with zero attached hydrogens (tertiary/aromatic N) is 4. The van der Waals surface area contributed by atoms with Gasteiger partial charge in [-0.1, -0.05) is 38.1 Å². The number of aromatic nitrogens is 1. The summed E-state index contributed by atoms with van der Waals surface area (Å²) in [7, 11) is 0. The molecule has 2 aromatic carbocycles. The quantitative estimate of drug-likeness (QED) is 0.233. The van der Waals surface area contributed by atoms with Gasteiger partial charge in [0, 0.05) is 23.1 Å². The van der Waals surface area contributed by atoms with Crippen molar-refractivity contribution in [3.05, 3.63) is 85.5 Å². The van der Waals surface area contributed by atoms with Gasteiger partial charge < -0.3 is 0 Å². The van der Waals surface area contributed by atoms with E-state index in [1.807, 2.05) is 28.4 Å². The molecule has 2 bridgehead atoms. The van der Waals surface area contributed by atoms with Gasteiger partial charge in [-0.25, -0.2) is 9.67 Å². The Morgan fingerprint density at radius 3 is 2.71 bits per heavy atom. The molecule has 0 amide bonds. The first-order valence-electron chi connectivity index (χ1n) is 11.6. The standard InChI is InChI=1S/C27H28N4O2S/c1-17-8-11-22(12-18(17)2)29-26-30(28-15-20-9-10-21-14-24(20)27(21,3)4)25(16-34-26)19-6-5-7-23(13-19)31(32)33/h5-9,11-13,15-16,21,24H,10,14H2,1-4H3. The molecule has 0 N–H and O–H groups in total. The van der Waals surface area contributed by atoms with E-state index in [-0.39, 0.29) is 10.6 Å². The summed E-state index contributed by atoms with van der Waals surface area (Å²) < 4.78 is 1.82. The van der Waals surface area contributed by atoms with E-state index < -0.39 is 0 Å². The Balaban J connectivity index is 1.61. The predicted octanol–water partition coefficient (Wildman–Crippen LogP) is 6.80. The predicted molar refractivity (Wildman–Crippen MR) is 138 cm³/mol. The van der Waals surface area contributed by atoms with Crippen molar-refractivity contribution >= 4 is 28.9 Å². The number of thiazole rings is 1. The number of aryl methyl sites for hydroxylation is 2. The molecule has 2 unspecified atom stereocenters. The number of non-ortho nitro benzene ring substituents is 1. The summed E-state index contributed by atoms with van der Waals surface area (Å²) >= 11 is 1.48. The van der Waals surface area contributed by atoms with Crippen molar-refractivity contribution in [3.63, 3.8) is 0 Å². The number of nitro benzene ring substituents is 1. The Morgan fingerprint density at radius 2 is 2.00 bits per heavy atom. The molecule has 6 nitrogen and oxygen atoms in total. The number of fused-ring (bicyclic) bond motifs is 1. The molecular weight excluding hydrogens is 444 g/mol. The third kappa shape index (κ3) is 3.94. The van der Waals surface area contributed by atoms with Gasteiger partial charge in [0.15, 0.2) is 0 Å². The van der Waals surface area contributed by atoms with Crippen LogP contribution in [-0.2, 0) is 0 Å². The van der Waals surface area contributed by atoms with Crippen LogP contribution in [0, 0.1) is 41.2 Å². The average molecular weight is 473 g/mol. The van der Waals surface area contributed by atoms with Gasteiger partial charge in [0.05, 0.1) is 22.5 Å². The summed E-state index contributed by atoms with van der Waals surface area (Å²) in [6.07, 6.45) is 6.59. The highest BCUT2D eigenvalue weighted by molar-refractivity contribution is 7.07. The highest BCUT2D eigenvalue weighted by atomic mass is 32.1. The lowest BCUT2D eigenvalue weighted by atomic mass is 9.49. The number of rotatable bonds is 5. The number of nitro groups is 1. The molecule has 3 aliphatic carbocycles. The van der Waals surface area contributed by atoms with Crippen LogP contribution in [0.15, 0.2) is 69.6 Å². The van der Waals surface area contributed by atoms with Crippen LogP contribution >= 0.6 is 11.3 Å². The molecular formula is C27H28N4O2S. The third-order valence-corrected chi connectivity index (χ3v) is 8.40. The fourth-order valence-corrected chi connectivity index (χ4v) is 5.90. The monoisotopic (exact) mass is 472 g/mol. The van der Waals surface area contributed by atoms with Gasteiger partial charge in [-0.2, -0.15) is 5.10 Å². The molecule has 0 radical (unpaired) electrons. The number of hydrogen-bond acceptors (Lipinski definition) is 5. The Bertz CT molecular complexity index is 1410.